The second-order valence-corrected chi connectivity index (χ2v) is 4.68. The third-order valence-corrected chi connectivity index (χ3v) is 2.59. The van der Waals surface area contributed by atoms with Crippen LogP contribution in [0.3, 0.4) is 0 Å². The van der Waals surface area contributed by atoms with Gasteiger partial charge >= 0.3 is 0 Å². The van der Waals surface area contributed by atoms with E-state index < -0.39 is 0 Å². The highest BCUT2D eigenvalue weighted by molar-refractivity contribution is 5.95. The molecule has 0 aliphatic rings. The molecule has 0 saturated carbocycles. The first-order chi connectivity index (χ1) is 8.00. The van der Waals surface area contributed by atoms with E-state index in [0.29, 0.717) is 12.6 Å². The van der Waals surface area contributed by atoms with Crippen LogP contribution in [-0.4, -0.2) is 25.0 Å². The van der Waals surface area contributed by atoms with Crippen LogP contribution >= 0.6 is 0 Å². The van der Waals surface area contributed by atoms with Crippen molar-refractivity contribution in [2.45, 2.75) is 33.7 Å². The molecule has 3 nitrogen and oxygen atoms in total. The van der Waals surface area contributed by atoms with Gasteiger partial charge in [-0.25, -0.2) is 0 Å². The first kappa shape index (κ1) is 13.7. The molecule has 0 spiro atoms. The van der Waals surface area contributed by atoms with E-state index in [4.69, 9.17) is 0 Å². The lowest BCUT2D eigenvalue weighted by atomic mass is 10.1. The molecular formula is C14H22N2O. The van der Waals surface area contributed by atoms with E-state index in [2.05, 4.69) is 24.5 Å². The molecule has 0 unspecified atom stereocenters. The zero-order valence-electron chi connectivity index (χ0n) is 11.1. The Balaban J connectivity index is 2.47. The number of benzene rings is 1. The maximum absolute atomic E-state index is 11.9. The standard InChI is InChI=1S/C14H22N2O/c1-10(2)15-7-8-16-14(17)13-6-5-11(3)9-12(13)4/h5-6,9-10,15H,7-8H2,1-4H3,(H,16,17). The van der Waals surface area contributed by atoms with Gasteiger partial charge in [-0.1, -0.05) is 31.5 Å². The third-order valence-electron chi connectivity index (χ3n) is 2.59. The number of rotatable bonds is 5. The summed E-state index contributed by atoms with van der Waals surface area (Å²) in [7, 11) is 0. The maximum atomic E-state index is 11.9. The van der Waals surface area contributed by atoms with Gasteiger partial charge in [0.05, 0.1) is 0 Å². The largest absolute Gasteiger partial charge is 0.351 e. The van der Waals surface area contributed by atoms with E-state index in [1.807, 2.05) is 32.0 Å². The van der Waals surface area contributed by atoms with Gasteiger partial charge in [0.1, 0.15) is 0 Å². The van der Waals surface area contributed by atoms with Gasteiger partial charge in [-0.05, 0) is 25.5 Å². The normalized spacial score (nSPS) is 10.6. The summed E-state index contributed by atoms with van der Waals surface area (Å²) < 4.78 is 0. The lowest BCUT2D eigenvalue weighted by molar-refractivity contribution is 0.0953. The summed E-state index contributed by atoms with van der Waals surface area (Å²) >= 11 is 0. The number of hydrogen-bond acceptors (Lipinski definition) is 2. The van der Waals surface area contributed by atoms with Crippen molar-refractivity contribution in [3.63, 3.8) is 0 Å². The molecule has 0 bridgehead atoms. The molecule has 0 radical (unpaired) electrons. The molecule has 0 aliphatic heterocycles. The summed E-state index contributed by atoms with van der Waals surface area (Å²) in [4.78, 5) is 11.9. The molecule has 0 atom stereocenters. The summed E-state index contributed by atoms with van der Waals surface area (Å²) in [6.07, 6.45) is 0. The van der Waals surface area contributed by atoms with E-state index in [0.717, 1.165) is 17.7 Å². The summed E-state index contributed by atoms with van der Waals surface area (Å²) in [6, 6.07) is 6.33. The molecule has 3 heteroatoms. The number of carbonyl (C=O) groups excluding carboxylic acids is 1. The molecule has 0 fully saturated rings. The molecule has 1 rings (SSSR count). The van der Waals surface area contributed by atoms with Crippen molar-refractivity contribution in [2.24, 2.45) is 0 Å². The second kappa shape index (κ2) is 6.40. The highest BCUT2D eigenvalue weighted by atomic mass is 16.1. The second-order valence-electron chi connectivity index (χ2n) is 4.68. The third kappa shape index (κ3) is 4.57. The van der Waals surface area contributed by atoms with Crippen LogP contribution in [0.2, 0.25) is 0 Å². The minimum absolute atomic E-state index is 0.00746. The van der Waals surface area contributed by atoms with Gasteiger partial charge in [0.25, 0.3) is 5.91 Å². The van der Waals surface area contributed by atoms with Crippen LogP contribution in [0.15, 0.2) is 18.2 Å². The minimum Gasteiger partial charge on any atom is -0.351 e. The van der Waals surface area contributed by atoms with Gasteiger partial charge in [-0.3, -0.25) is 4.79 Å². The number of aryl methyl sites for hydroxylation is 2. The van der Waals surface area contributed by atoms with Crippen LogP contribution in [0.25, 0.3) is 0 Å². The Morgan fingerprint density at radius 1 is 1.24 bits per heavy atom. The molecule has 0 saturated heterocycles. The van der Waals surface area contributed by atoms with Gasteiger partial charge < -0.3 is 10.6 Å². The zero-order chi connectivity index (χ0) is 12.8. The molecule has 0 heterocycles. The van der Waals surface area contributed by atoms with Crippen molar-refractivity contribution in [1.29, 1.82) is 0 Å². The Hall–Kier alpha value is -1.35. The Kier molecular flexibility index (Phi) is 5.16. The lowest BCUT2D eigenvalue weighted by Gasteiger charge is -2.10. The Morgan fingerprint density at radius 2 is 1.94 bits per heavy atom. The number of nitrogens with one attached hydrogen (secondary N) is 2. The maximum Gasteiger partial charge on any atom is 0.251 e. The van der Waals surface area contributed by atoms with Crippen molar-refractivity contribution in [1.82, 2.24) is 10.6 Å². The molecule has 1 aromatic rings. The molecule has 0 aromatic heterocycles. The molecule has 17 heavy (non-hydrogen) atoms. The van der Waals surface area contributed by atoms with E-state index >= 15 is 0 Å². The SMILES string of the molecule is Cc1ccc(C(=O)NCCNC(C)C)c(C)c1. The van der Waals surface area contributed by atoms with Gasteiger partial charge in [-0.15, -0.1) is 0 Å². The monoisotopic (exact) mass is 234 g/mol. The van der Waals surface area contributed by atoms with Crippen molar-refractivity contribution in [2.75, 3.05) is 13.1 Å². The quantitative estimate of drug-likeness (QED) is 0.765. The van der Waals surface area contributed by atoms with E-state index in [1.165, 1.54) is 5.56 Å². The summed E-state index contributed by atoms with van der Waals surface area (Å²) in [5, 5.41) is 6.17. The molecule has 2 N–H and O–H groups in total. The molecule has 94 valence electrons. The van der Waals surface area contributed by atoms with E-state index in [9.17, 15) is 4.79 Å². The summed E-state index contributed by atoms with van der Waals surface area (Å²) in [5.74, 6) is 0.00746. The highest BCUT2D eigenvalue weighted by Gasteiger charge is 2.07. The predicted molar refractivity (Wildman–Crippen MR) is 71.4 cm³/mol. The van der Waals surface area contributed by atoms with Gasteiger partial charge in [-0.2, -0.15) is 0 Å². The fourth-order valence-electron chi connectivity index (χ4n) is 1.70. The van der Waals surface area contributed by atoms with Crippen molar-refractivity contribution < 1.29 is 4.79 Å². The van der Waals surface area contributed by atoms with Crippen molar-refractivity contribution in [3.05, 3.63) is 34.9 Å². The Bertz CT molecular complexity index is 386. The van der Waals surface area contributed by atoms with Gasteiger partial charge in [0.15, 0.2) is 0 Å². The van der Waals surface area contributed by atoms with Crippen LogP contribution in [0.5, 0.6) is 0 Å². The van der Waals surface area contributed by atoms with Gasteiger partial charge in [0, 0.05) is 24.7 Å². The summed E-state index contributed by atoms with van der Waals surface area (Å²) in [6.45, 7) is 9.63. The molecule has 0 aliphatic carbocycles. The smallest absolute Gasteiger partial charge is 0.251 e. The Labute approximate surface area is 104 Å². The topological polar surface area (TPSA) is 41.1 Å². The molecule has 1 amide bonds. The average molecular weight is 234 g/mol. The fourth-order valence-corrected chi connectivity index (χ4v) is 1.70. The van der Waals surface area contributed by atoms with E-state index in [-0.39, 0.29) is 5.91 Å². The fraction of sp³-hybridized carbons (Fsp3) is 0.500. The van der Waals surface area contributed by atoms with Crippen LogP contribution in [-0.2, 0) is 0 Å². The first-order valence-electron chi connectivity index (χ1n) is 6.09. The molecular weight excluding hydrogens is 212 g/mol. The minimum atomic E-state index is 0.00746. The number of hydrogen-bond donors (Lipinski definition) is 2. The predicted octanol–water partition coefficient (Wildman–Crippen LogP) is 2.03. The van der Waals surface area contributed by atoms with Crippen LogP contribution < -0.4 is 10.6 Å². The zero-order valence-corrected chi connectivity index (χ0v) is 11.1. The highest BCUT2D eigenvalue weighted by Crippen LogP contribution is 2.09. The van der Waals surface area contributed by atoms with Crippen LogP contribution in [0, 0.1) is 13.8 Å². The Morgan fingerprint density at radius 3 is 2.53 bits per heavy atom. The molecule has 1 aromatic carbocycles. The summed E-state index contributed by atoms with van der Waals surface area (Å²) in [5.41, 5.74) is 2.97. The number of carbonyl (C=O) groups is 1. The first-order valence-corrected chi connectivity index (χ1v) is 6.09. The van der Waals surface area contributed by atoms with Gasteiger partial charge in [0.2, 0.25) is 0 Å². The van der Waals surface area contributed by atoms with Crippen molar-refractivity contribution in [3.8, 4) is 0 Å². The number of amides is 1. The van der Waals surface area contributed by atoms with Crippen molar-refractivity contribution >= 4 is 5.91 Å². The van der Waals surface area contributed by atoms with E-state index in [1.54, 1.807) is 0 Å². The van der Waals surface area contributed by atoms with Crippen LogP contribution in [0.1, 0.15) is 35.3 Å². The van der Waals surface area contributed by atoms with Crippen LogP contribution in [0.4, 0.5) is 0 Å². The average Bonchev–Trinajstić information content (AvgIpc) is 2.23. The lowest BCUT2D eigenvalue weighted by Crippen LogP contribution is -2.34.